The van der Waals surface area contributed by atoms with Gasteiger partial charge < -0.3 is 11.1 Å². The smallest absolute Gasteiger partial charge is 0.283 e. The topological polar surface area (TPSA) is 98.3 Å². The summed E-state index contributed by atoms with van der Waals surface area (Å²) < 4.78 is 0.325. The van der Waals surface area contributed by atoms with Gasteiger partial charge in [0.25, 0.3) is 5.69 Å². The minimum Gasteiger partial charge on any atom is -0.330 e. The van der Waals surface area contributed by atoms with E-state index in [4.69, 9.17) is 5.73 Å². The lowest BCUT2D eigenvalue weighted by Crippen LogP contribution is -2.28. The Morgan fingerprint density at radius 3 is 2.72 bits per heavy atom. The van der Waals surface area contributed by atoms with Crippen LogP contribution >= 0.6 is 15.9 Å². The lowest BCUT2D eigenvalue weighted by atomic mass is 10.1. The molecule has 0 aliphatic rings. The normalized spacial score (nSPS) is 11.9. The number of halogens is 1. The van der Waals surface area contributed by atoms with Crippen molar-refractivity contribution in [2.75, 3.05) is 11.9 Å². The number of rotatable bonds is 5. The monoisotopic (exact) mass is 315 g/mol. The molecule has 0 bridgehead atoms. The Morgan fingerprint density at radius 2 is 2.28 bits per heavy atom. The highest BCUT2D eigenvalue weighted by Crippen LogP contribution is 2.27. The van der Waals surface area contributed by atoms with Gasteiger partial charge in [0.1, 0.15) is 0 Å². The number of hydrogen-bond donors (Lipinski definition) is 2. The van der Waals surface area contributed by atoms with E-state index in [1.54, 1.807) is 0 Å². The average molecular weight is 316 g/mol. The Labute approximate surface area is 113 Å². The fourth-order valence-electron chi connectivity index (χ4n) is 1.44. The number of nitro benzene ring substituents is 1. The zero-order valence-corrected chi connectivity index (χ0v) is 11.4. The molecular formula is C11H14BrN3O3. The second-order valence-electron chi connectivity index (χ2n) is 3.75. The summed E-state index contributed by atoms with van der Waals surface area (Å²) in [5.41, 5.74) is 5.93. The third kappa shape index (κ3) is 3.51. The van der Waals surface area contributed by atoms with E-state index in [1.807, 2.05) is 6.92 Å². The second-order valence-corrected chi connectivity index (χ2v) is 4.61. The molecule has 1 rings (SSSR count). The van der Waals surface area contributed by atoms with Crippen molar-refractivity contribution in [3.05, 3.63) is 32.8 Å². The first-order valence-corrected chi connectivity index (χ1v) is 6.23. The quantitative estimate of drug-likeness (QED) is 0.643. The lowest BCUT2D eigenvalue weighted by molar-refractivity contribution is -0.385. The van der Waals surface area contributed by atoms with Crippen LogP contribution in [-0.4, -0.2) is 17.4 Å². The Hall–Kier alpha value is -1.47. The third-order valence-electron chi connectivity index (χ3n) is 2.56. The average Bonchev–Trinajstić information content (AvgIpc) is 2.30. The molecule has 0 heterocycles. The molecule has 1 amide bonds. The molecule has 1 unspecified atom stereocenters. The van der Waals surface area contributed by atoms with Crippen LogP contribution in [0.1, 0.15) is 13.3 Å². The van der Waals surface area contributed by atoms with Crippen molar-refractivity contribution in [2.45, 2.75) is 13.3 Å². The molecular weight excluding hydrogens is 302 g/mol. The van der Waals surface area contributed by atoms with Gasteiger partial charge in [-0.25, -0.2) is 0 Å². The highest BCUT2D eigenvalue weighted by atomic mass is 79.9. The Morgan fingerprint density at radius 1 is 1.61 bits per heavy atom. The Bertz CT molecular complexity index is 461. The van der Waals surface area contributed by atoms with E-state index in [1.165, 1.54) is 18.2 Å². The Balaban J connectivity index is 2.83. The summed E-state index contributed by atoms with van der Waals surface area (Å²) >= 11 is 3.09. The first kappa shape index (κ1) is 14.6. The van der Waals surface area contributed by atoms with E-state index in [9.17, 15) is 14.9 Å². The predicted molar refractivity (Wildman–Crippen MR) is 72.3 cm³/mol. The van der Waals surface area contributed by atoms with Gasteiger partial charge in [0.2, 0.25) is 5.91 Å². The number of benzene rings is 1. The molecule has 0 saturated carbocycles. The van der Waals surface area contributed by atoms with E-state index in [0.717, 1.165) is 0 Å². The first-order chi connectivity index (χ1) is 8.49. The van der Waals surface area contributed by atoms with Crippen LogP contribution in [-0.2, 0) is 4.79 Å². The standard InChI is InChI=1S/C11H14BrN3O3/c1-2-7(6-13)11(16)14-8-3-4-10(15(17)18)9(12)5-8/h3-5,7H,2,6,13H2,1H3,(H,14,16). The number of nitrogens with zero attached hydrogens (tertiary/aromatic N) is 1. The van der Waals surface area contributed by atoms with E-state index in [-0.39, 0.29) is 24.1 Å². The second kappa shape index (κ2) is 6.46. The molecule has 6 nitrogen and oxygen atoms in total. The van der Waals surface area contributed by atoms with Gasteiger partial charge in [0, 0.05) is 18.3 Å². The molecule has 0 aliphatic heterocycles. The third-order valence-corrected chi connectivity index (χ3v) is 3.20. The van der Waals surface area contributed by atoms with Gasteiger partial charge in [0.05, 0.1) is 15.3 Å². The number of amides is 1. The zero-order chi connectivity index (χ0) is 13.7. The molecule has 3 N–H and O–H groups in total. The number of anilines is 1. The van der Waals surface area contributed by atoms with Crippen molar-refractivity contribution in [1.82, 2.24) is 0 Å². The van der Waals surface area contributed by atoms with Gasteiger partial charge in [-0.3, -0.25) is 14.9 Å². The minimum absolute atomic E-state index is 0.0427. The molecule has 1 aromatic carbocycles. The molecule has 1 atom stereocenters. The molecule has 98 valence electrons. The van der Waals surface area contributed by atoms with E-state index >= 15 is 0 Å². The van der Waals surface area contributed by atoms with Crippen molar-refractivity contribution < 1.29 is 9.72 Å². The van der Waals surface area contributed by atoms with Gasteiger partial charge in [-0.05, 0) is 34.5 Å². The number of carbonyl (C=O) groups excluding carboxylic acids is 1. The molecule has 0 fully saturated rings. The minimum atomic E-state index is -0.496. The number of nitrogens with one attached hydrogen (secondary N) is 1. The summed E-state index contributed by atoms with van der Waals surface area (Å²) in [6, 6.07) is 4.33. The summed E-state index contributed by atoms with van der Waals surface area (Å²) in [6.45, 7) is 2.15. The van der Waals surface area contributed by atoms with Gasteiger partial charge in [-0.2, -0.15) is 0 Å². The number of hydrogen-bond acceptors (Lipinski definition) is 4. The van der Waals surface area contributed by atoms with Gasteiger partial charge >= 0.3 is 0 Å². The van der Waals surface area contributed by atoms with E-state index in [0.29, 0.717) is 16.6 Å². The highest BCUT2D eigenvalue weighted by molar-refractivity contribution is 9.10. The number of nitro groups is 1. The van der Waals surface area contributed by atoms with Crippen LogP contribution in [0.4, 0.5) is 11.4 Å². The van der Waals surface area contributed by atoms with Gasteiger partial charge in [-0.1, -0.05) is 6.92 Å². The predicted octanol–water partition coefficient (Wildman–Crippen LogP) is 2.28. The van der Waals surface area contributed by atoms with Crippen LogP contribution in [0, 0.1) is 16.0 Å². The largest absolute Gasteiger partial charge is 0.330 e. The summed E-state index contributed by atoms with van der Waals surface area (Å²) in [5, 5.41) is 13.3. The lowest BCUT2D eigenvalue weighted by Gasteiger charge is -2.12. The van der Waals surface area contributed by atoms with Crippen LogP contribution in [0.15, 0.2) is 22.7 Å². The maximum atomic E-state index is 11.8. The molecule has 18 heavy (non-hydrogen) atoms. The van der Waals surface area contributed by atoms with Crippen LogP contribution in [0.5, 0.6) is 0 Å². The Kier molecular flexibility index (Phi) is 5.24. The van der Waals surface area contributed by atoms with Crippen molar-refractivity contribution in [3.63, 3.8) is 0 Å². The van der Waals surface area contributed by atoms with Crippen LogP contribution < -0.4 is 11.1 Å². The fraction of sp³-hybridized carbons (Fsp3) is 0.364. The molecule has 0 aromatic heterocycles. The molecule has 0 aliphatic carbocycles. The van der Waals surface area contributed by atoms with Crippen molar-refractivity contribution in [1.29, 1.82) is 0 Å². The van der Waals surface area contributed by atoms with Gasteiger partial charge in [0.15, 0.2) is 0 Å². The maximum absolute atomic E-state index is 11.8. The highest BCUT2D eigenvalue weighted by Gasteiger charge is 2.16. The van der Waals surface area contributed by atoms with Crippen molar-refractivity contribution in [2.24, 2.45) is 11.7 Å². The van der Waals surface area contributed by atoms with Crippen molar-refractivity contribution >= 4 is 33.2 Å². The van der Waals surface area contributed by atoms with Crippen LogP contribution in [0.25, 0.3) is 0 Å². The SMILES string of the molecule is CCC(CN)C(=O)Nc1ccc([N+](=O)[O-])c(Br)c1. The van der Waals surface area contributed by atoms with Crippen molar-refractivity contribution in [3.8, 4) is 0 Å². The molecule has 0 saturated heterocycles. The fourth-order valence-corrected chi connectivity index (χ4v) is 1.96. The maximum Gasteiger partial charge on any atom is 0.283 e. The van der Waals surface area contributed by atoms with E-state index < -0.39 is 4.92 Å². The number of nitrogens with two attached hydrogens (primary N) is 1. The first-order valence-electron chi connectivity index (χ1n) is 5.44. The molecule has 0 radical (unpaired) electrons. The van der Waals surface area contributed by atoms with Gasteiger partial charge in [-0.15, -0.1) is 0 Å². The molecule has 0 spiro atoms. The number of carbonyl (C=O) groups is 1. The summed E-state index contributed by atoms with van der Waals surface area (Å²) in [4.78, 5) is 21.9. The summed E-state index contributed by atoms with van der Waals surface area (Å²) in [5.74, 6) is -0.431. The zero-order valence-electron chi connectivity index (χ0n) is 9.85. The summed E-state index contributed by atoms with van der Waals surface area (Å²) in [7, 11) is 0. The van der Waals surface area contributed by atoms with Crippen LogP contribution in [0.3, 0.4) is 0 Å². The summed E-state index contributed by atoms with van der Waals surface area (Å²) in [6.07, 6.45) is 0.649. The van der Waals surface area contributed by atoms with Crippen LogP contribution in [0.2, 0.25) is 0 Å². The molecule has 1 aromatic rings. The molecule has 7 heteroatoms. The van der Waals surface area contributed by atoms with E-state index in [2.05, 4.69) is 21.2 Å².